The third kappa shape index (κ3) is 5.10. The van der Waals surface area contributed by atoms with Crippen LogP contribution < -0.4 is 10.1 Å². The Kier molecular flexibility index (Phi) is 7.17. The Morgan fingerprint density at radius 3 is 2.52 bits per heavy atom. The second-order valence-electron chi connectivity index (χ2n) is 7.57. The molecule has 0 saturated carbocycles. The number of carbonyl (C=O) groups is 1. The third-order valence-corrected chi connectivity index (χ3v) is 7.55. The summed E-state index contributed by atoms with van der Waals surface area (Å²) in [6.45, 7) is 3.22. The van der Waals surface area contributed by atoms with Crippen LogP contribution in [-0.2, 0) is 14.8 Å². The molecule has 0 bridgehead atoms. The van der Waals surface area contributed by atoms with Crippen molar-refractivity contribution in [1.82, 2.24) is 9.21 Å². The highest BCUT2D eigenvalue weighted by molar-refractivity contribution is 7.89. The zero-order valence-electron chi connectivity index (χ0n) is 16.9. The first-order valence-corrected chi connectivity index (χ1v) is 11.5. The molecule has 2 saturated heterocycles. The molecule has 1 aromatic rings. The molecule has 7 nitrogen and oxygen atoms in total. The summed E-state index contributed by atoms with van der Waals surface area (Å²) in [7, 11) is -2.08. The Morgan fingerprint density at radius 1 is 1.21 bits per heavy atom. The quantitative estimate of drug-likeness (QED) is 0.715. The molecule has 1 N–H and O–H groups in total. The highest BCUT2D eigenvalue weighted by Gasteiger charge is 2.28. The van der Waals surface area contributed by atoms with Crippen molar-refractivity contribution in [1.29, 1.82) is 0 Å². The fraction of sp³-hybridized carbons (Fsp3) is 0.571. The number of sulfonamides is 1. The van der Waals surface area contributed by atoms with Gasteiger partial charge in [-0.3, -0.25) is 9.69 Å². The molecule has 2 heterocycles. The summed E-state index contributed by atoms with van der Waals surface area (Å²) in [5.41, 5.74) is 0.390. The van der Waals surface area contributed by atoms with Gasteiger partial charge in [0.25, 0.3) is 0 Å². The first kappa shape index (κ1) is 21.6. The molecule has 1 amide bonds. The summed E-state index contributed by atoms with van der Waals surface area (Å²) < 4.78 is 32.8. The van der Waals surface area contributed by atoms with Gasteiger partial charge in [-0.1, -0.05) is 12.3 Å². The van der Waals surface area contributed by atoms with E-state index in [1.165, 1.54) is 23.5 Å². The topological polar surface area (TPSA) is 79.0 Å². The van der Waals surface area contributed by atoms with E-state index in [4.69, 9.17) is 11.2 Å². The van der Waals surface area contributed by atoms with E-state index in [0.717, 1.165) is 45.2 Å². The normalized spacial score (nSPS) is 19.4. The minimum absolute atomic E-state index is 0.115. The minimum atomic E-state index is -3.58. The van der Waals surface area contributed by atoms with Crippen LogP contribution >= 0.6 is 0 Å². The van der Waals surface area contributed by atoms with E-state index in [0.29, 0.717) is 31.1 Å². The van der Waals surface area contributed by atoms with E-state index in [9.17, 15) is 13.2 Å². The van der Waals surface area contributed by atoms with Crippen LogP contribution in [0.1, 0.15) is 32.1 Å². The third-order valence-electron chi connectivity index (χ3n) is 5.65. The van der Waals surface area contributed by atoms with Gasteiger partial charge in [-0.15, -0.1) is 6.42 Å². The summed E-state index contributed by atoms with van der Waals surface area (Å²) >= 11 is 0. The molecule has 0 unspecified atom stereocenters. The molecule has 2 aliphatic rings. The van der Waals surface area contributed by atoms with Crippen molar-refractivity contribution in [2.24, 2.45) is 5.92 Å². The molecule has 0 spiro atoms. The smallest absolute Gasteiger partial charge is 0.243 e. The molecule has 2 aliphatic heterocycles. The number of rotatable bonds is 6. The number of likely N-dealkylation sites (tertiary alicyclic amines) is 1. The summed E-state index contributed by atoms with van der Waals surface area (Å²) in [5, 5.41) is 2.89. The van der Waals surface area contributed by atoms with Crippen molar-refractivity contribution in [2.45, 2.75) is 37.0 Å². The van der Waals surface area contributed by atoms with E-state index < -0.39 is 10.0 Å². The number of amides is 1. The number of nitrogens with zero attached hydrogens (tertiary/aromatic N) is 2. The Morgan fingerprint density at radius 2 is 1.90 bits per heavy atom. The molecule has 29 heavy (non-hydrogen) atoms. The van der Waals surface area contributed by atoms with Crippen molar-refractivity contribution in [2.75, 3.05) is 45.2 Å². The highest BCUT2D eigenvalue weighted by atomic mass is 32.2. The molecule has 1 aromatic carbocycles. The van der Waals surface area contributed by atoms with Gasteiger partial charge in [0, 0.05) is 19.0 Å². The van der Waals surface area contributed by atoms with Crippen molar-refractivity contribution < 1.29 is 17.9 Å². The zero-order chi connectivity index (χ0) is 20.9. The van der Waals surface area contributed by atoms with Crippen molar-refractivity contribution in [3.63, 3.8) is 0 Å². The number of nitrogens with one attached hydrogen (secondary N) is 1. The average Bonchev–Trinajstić information content (AvgIpc) is 2.75. The molecule has 0 radical (unpaired) electrons. The predicted molar refractivity (Wildman–Crippen MR) is 112 cm³/mol. The lowest BCUT2D eigenvalue weighted by Gasteiger charge is -2.30. The summed E-state index contributed by atoms with van der Waals surface area (Å²) in [5.74, 6) is 2.83. The first-order chi connectivity index (χ1) is 14.0. The van der Waals surface area contributed by atoms with E-state index >= 15 is 0 Å². The van der Waals surface area contributed by atoms with Crippen LogP contribution in [0.25, 0.3) is 0 Å². The number of hydrogen-bond donors (Lipinski definition) is 1. The van der Waals surface area contributed by atoms with Gasteiger partial charge < -0.3 is 10.1 Å². The fourth-order valence-electron chi connectivity index (χ4n) is 3.92. The summed E-state index contributed by atoms with van der Waals surface area (Å²) in [6, 6.07) is 4.65. The number of ether oxygens (including phenoxy) is 1. The van der Waals surface area contributed by atoms with Gasteiger partial charge in [0.1, 0.15) is 5.75 Å². The standard InChI is InChI=1S/C21H29N3O4S/c1-3-11-23-14-9-17(10-15-23)21(25)22-19-16-18(7-8-20(19)28-2)29(26,27)24-12-5-4-6-13-24/h1,7-8,16-17H,4-6,9-15H2,2H3,(H,22,25). The summed E-state index contributed by atoms with van der Waals surface area (Å²) in [4.78, 5) is 15.1. The maximum Gasteiger partial charge on any atom is 0.243 e. The first-order valence-electron chi connectivity index (χ1n) is 10.1. The lowest BCUT2D eigenvalue weighted by Crippen LogP contribution is -2.38. The van der Waals surface area contributed by atoms with Crippen molar-refractivity contribution in [3.05, 3.63) is 18.2 Å². The van der Waals surface area contributed by atoms with Crippen LogP contribution in [0.3, 0.4) is 0 Å². The number of terminal acetylenes is 1. The Bertz CT molecular complexity index is 864. The lowest BCUT2D eigenvalue weighted by molar-refractivity contribution is -0.121. The zero-order valence-corrected chi connectivity index (χ0v) is 17.7. The number of hydrogen-bond acceptors (Lipinski definition) is 5. The van der Waals surface area contributed by atoms with E-state index in [-0.39, 0.29) is 16.7 Å². The van der Waals surface area contributed by atoms with Crippen LogP contribution in [0.4, 0.5) is 5.69 Å². The van der Waals surface area contributed by atoms with Gasteiger partial charge >= 0.3 is 0 Å². The molecule has 0 atom stereocenters. The Labute approximate surface area is 173 Å². The monoisotopic (exact) mass is 419 g/mol. The predicted octanol–water partition coefficient (Wildman–Crippen LogP) is 2.15. The maximum absolute atomic E-state index is 13.0. The average molecular weight is 420 g/mol. The molecule has 2 fully saturated rings. The van der Waals surface area contributed by atoms with Gasteiger partial charge in [0.05, 0.1) is 24.2 Å². The second kappa shape index (κ2) is 9.61. The highest BCUT2D eigenvalue weighted by Crippen LogP contribution is 2.31. The van der Waals surface area contributed by atoms with Crippen LogP contribution in [0.15, 0.2) is 23.1 Å². The molecule has 0 aliphatic carbocycles. The van der Waals surface area contributed by atoms with Crippen molar-refractivity contribution in [3.8, 4) is 18.1 Å². The minimum Gasteiger partial charge on any atom is -0.495 e. The molecule has 8 heteroatoms. The SMILES string of the molecule is C#CCN1CCC(C(=O)Nc2cc(S(=O)(=O)N3CCCCC3)ccc2OC)CC1. The van der Waals surface area contributed by atoms with E-state index in [1.807, 2.05) is 0 Å². The van der Waals surface area contributed by atoms with Gasteiger partial charge in [0.15, 0.2) is 0 Å². The van der Waals surface area contributed by atoms with Crippen LogP contribution in [0, 0.1) is 18.3 Å². The van der Waals surface area contributed by atoms with Crippen LogP contribution in [-0.4, -0.2) is 63.4 Å². The largest absolute Gasteiger partial charge is 0.495 e. The molecule has 3 rings (SSSR count). The molecular formula is C21H29N3O4S. The molecule has 0 aromatic heterocycles. The maximum atomic E-state index is 13.0. The number of methoxy groups -OCH3 is 1. The summed E-state index contributed by atoms with van der Waals surface area (Å²) in [6.07, 6.45) is 9.60. The second-order valence-corrected chi connectivity index (χ2v) is 9.51. The van der Waals surface area contributed by atoms with Gasteiger partial charge in [-0.25, -0.2) is 8.42 Å². The Hall–Kier alpha value is -2.08. The molecular weight excluding hydrogens is 390 g/mol. The van der Waals surface area contributed by atoms with E-state index in [1.54, 1.807) is 6.07 Å². The number of anilines is 1. The van der Waals surface area contributed by atoms with Crippen LogP contribution in [0.2, 0.25) is 0 Å². The van der Waals surface area contributed by atoms with Gasteiger partial charge in [-0.2, -0.15) is 4.31 Å². The van der Waals surface area contributed by atoms with Crippen molar-refractivity contribution >= 4 is 21.6 Å². The number of carbonyl (C=O) groups excluding carboxylic acids is 1. The fourth-order valence-corrected chi connectivity index (χ4v) is 5.46. The van der Waals surface area contributed by atoms with E-state index in [2.05, 4.69) is 16.1 Å². The number of benzene rings is 1. The van der Waals surface area contributed by atoms with Gasteiger partial charge in [-0.05, 0) is 57.0 Å². The number of piperidine rings is 2. The molecule has 158 valence electrons. The van der Waals surface area contributed by atoms with Crippen LogP contribution in [0.5, 0.6) is 5.75 Å². The Balaban J connectivity index is 1.74. The van der Waals surface area contributed by atoms with Gasteiger partial charge in [0.2, 0.25) is 15.9 Å². The lowest BCUT2D eigenvalue weighted by atomic mass is 9.96.